The van der Waals surface area contributed by atoms with E-state index in [-0.39, 0.29) is 17.6 Å². The first kappa shape index (κ1) is 9.96. The summed E-state index contributed by atoms with van der Waals surface area (Å²) in [6, 6.07) is 5.88. The van der Waals surface area contributed by atoms with Crippen molar-refractivity contribution < 1.29 is 13.2 Å². The highest BCUT2D eigenvalue weighted by Gasteiger charge is 2.35. The maximum absolute atomic E-state index is 11.0. The highest BCUT2D eigenvalue weighted by molar-refractivity contribution is 7.92. The summed E-state index contributed by atoms with van der Waals surface area (Å²) in [6.07, 6.45) is 0.854. The van der Waals surface area contributed by atoms with E-state index < -0.39 is 9.84 Å². The normalized spacial score (nSPS) is 22.0. The van der Waals surface area contributed by atoms with Gasteiger partial charge < -0.3 is 10.1 Å². The minimum Gasteiger partial charge on any atom is -0.488 e. The van der Waals surface area contributed by atoms with E-state index in [2.05, 4.69) is 5.32 Å². The molecule has 0 aliphatic carbocycles. The number of anilines is 1. The standard InChI is InChI=1S/C11H13NO3S/c13-16(14)6-10(7-16)15-9-1-2-11-8(5-9)3-4-12-11/h1-2,5,10,12H,3-4,6-7H2. The van der Waals surface area contributed by atoms with Crippen LogP contribution in [-0.4, -0.2) is 32.6 Å². The smallest absolute Gasteiger partial charge is 0.157 e. The summed E-state index contributed by atoms with van der Waals surface area (Å²) in [5.74, 6) is 1.09. The van der Waals surface area contributed by atoms with Crippen LogP contribution in [0.3, 0.4) is 0 Å². The number of rotatable bonds is 2. The predicted molar refractivity (Wildman–Crippen MR) is 61.7 cm³/mol. The third-order valence-corrected chi connectivity index (χ3v) is 4.73. The molecule has 1 aromatic rings. The molecule has 0 amide bonds. The number of fused-ring (bicyclic) bond motifs is 1. The zero-order valence-corrected chi connectivity index (χ0v) is 9.59. The molecule has 2 heterocycles. The lowest BCUT2D eigenvalue weighted by Crippen LogP contribution is -2.45. The van der Waals surface area contributed by atoms with Crippen LogP contribution in [0.1, 0.15) is 5.56 Å². The summed E-state index contributed by atoms with van der Waals surface area (Å²) in [5, 5.41) is 3.27. The van der Waals surface area contributed by atoms with E-state index in [9.17, 15) is 8.42 Å². The monoisotopic (exact) mass is 239 g/mol. The molecule has 16 heavy (non-hydrogen) atoms. The van der Waals surface area contributed by atoms with Gasteiger partial charge in [0.2, 0.25) is 0 Å². The second-order valence-electron chi connectivity index (χ2n) is 4.31. The first-order valence-electron chi connectivity index (χ1n) is 5.36. The average Bonchev–Trinajstić information content (AvgIpc) is 2.61. The van der Waals surface area contributed by atoms with Crippen molar-refractivity contribution in [3.8, 4) is 5.75 Å². The summed E-state index contributed by atoms with van der Waals surface area (Å²) in [7, 11) is -2.80. The number of sulfone groups is 1. The van der Waals surface area contributed by atoms with Crippen molar-refractivity contribution >= 4 is 15.5 Å². The van der Waals surface area contributed by atoms with Crippen LogP contribution in [0.2, 0.25) is 0 Å². The van der Waals surface area contributed by atoms with Gasteiger partial charge in [-0.05, 0) is 30.2 Å². The fourth-order valence-corrected chi connectivity index (χ4v) is 3.30. The topological polar surface area (TPSA) is 55.4 Å². The molecule has 86 valence electrons. The van der Waals surface area contributed by atoms with E-state index in [0.717, 1.165) is 24.4 Å². The van der Waals surface area contributed by atoms with E-state index in [4.69, 9.17) is 4.74 Å². The zero-order chi connectivity index (χ0) is 11.2. The minimum atomic E-state index is -2.80. The Labute approximate surface area is 94.5 Å². The Balaban J connectivity index is 1.72. The van der Waals surface area contributed by atoms with Crippen LogP contribution in [0.25, 0.3) is 0 Å². The van der Waals surface area contributed by atoms with Gasteiger partial charge >= 0.3 is 0 Å². The molecule has 0 saturated carbocycles. The molecule has 0 spiro atoms. The molecular formula is C11H13NO3S. The second kappa shape index (κ2) is 3.38. The molecule has 0 unspecified atom stereocenters. The van der Waals surface area contributed by atoms with Crippen LogP contribution in [0.4, 0.5) is 5.69 Å². The molecule has 1 N–H and O–H groups in total. The predicted octanol–water partition coefficient (Wildman–Crippen LogP) is 0.830. The Morgan fingerprint density at radius 3 is 2.88 bits per heavy atom. The van der Waals surface area contributed by atoms with Gasteiger partial charge in [-0.2, -0.15) is 0 Å². The molecule has 3 rings (SSSR count). The summed E-state index contributed by atoms with van der Waals surface area (Å²) < 4.78 is 27.6. The first-order chi connectivity index (χ1) is 7.62. The quantitative estimate of drug-likeness (QED) is 0.830. The highest BCUT2D eigenvalue weighted by atomic mass is 32.2. The number of benzene rings is 1. The molecule has 2 aliphatic rings. The molecular weight excluding hydrogens is 226 g/mol. The van der Waals surface area contributed by atoms with Crippen LogP contribution in [0.5, 0.6) is 5.75 Å². The Kier molecular flexibility index (Phi) is 2.10. The van der Waals surface area contributed by atoms with Gasteiger partial charge in [0.1, 0.15) is 11.9 Å². The number of ether oxygens (including phenoxy) is 1. The fraction of sp³-hybridized carbons (Fsp3) is 0.455. The van der Waals surface area contributed by atoms with Crippen LogP contribution in [-0.2, 0) is 16.3 Å². The van der Waals surface area contributed by atoms with E-state index in [1.807, 2.05) is 18.2 Å². The largest absolute Gasteiger partial charge is 0.488 e. The van der Waals surface area contributed by atoms with Crippen molar-refractivity contribution in [2.24, 2.45) is 0 Å². The zero-order valence-electron chi connectivity index (χ0n) is 8.77. The Morgan fingerprint density at radius 1 is 1.31 bits per heavy atom. The van der Waals surface area contributed by atoms with Gasteiger partial charge in [-0.15, -0.1) is 0 Å². The number of hydrogen-bond donors (Lipinski definition) is 1. The molecule has 1 saturated heterocycles. The van der Waals surface area contributed by atoms with Gasteiger partial charge in [0, 0.05) is 12.2 Å². The van der Waals surface area contributed by atoms with Gasteiger partial charge in [-0.1, -0.05) is 0 Å². The molecule has 4 nitrogen and oxygen atoms in total. The van der Waals surface area contributed by atoms with Gasteiger partial charge in [0.05, 0.1) is 11.5 Å². The van der Waals surface area contributed by atoms with E-state index in [1.165, 1.54) is 5.56 Å². The molecule has 1 fully saturated rings. The van der Waals surface area contributed by atoms with E-state index in [0.29, 0.717) is 0 Å². The van der Waals surface area contributed by atoms with Crippen LogP contribution >= 0.6 is 0 Å². The van der Waals surface area contributed by atoms with Gasteiger partial charge in [0.15, 0.2) is 9.84 Å². The molecule has 2 aliphatic heterocycles. The molecule has 0 atom stereocenters. The molecule has 1 aromatic carbocycles. The van der Waals surface area contributed by atoms with Gasteiger partial charge in [0.25, 0.3) is 0 Å². The van der Waals surface area contributed by atoms with Crippen LogP contribution < -0.4 is 10.1 Å². The number of nitrogens with one attached hydrogen (secondary N) is 1. The van der Waals surface area contributed by atoms with Crippen molar-refractivity contribution in [1.29, 1.82) is 0 Å². The van der Waals surface area contributed by atoms with E-state index >= 15 is 0 Å². The van der Waals surface area contributed by atoms with E-state index in [1.54, 1.807) is 0 Å². The molecule has 0 bridgehead atoms. The summed E-state index contributed by atoms with van der Waals surface area (Å²) in [5.41, 5.74) is 2.41. The number of hydrogen-bond acceptors (Lipinski definition) is 4. The Bertz CT molecular complexity index is 512. The van der Waals surface area contributed by atoms with Crippen molar-refractivity contribution in [2.75, 3.05) is 23.4 Å². The third kappa shape index (κ3) is 1.75. The van der Waals surface area contributed by atoms with Crippen molar-refractivity contribution in [1.82, 2.24) is 0 Å². The maximum Gasteiger partial charge on any atom is 0.157 e. The van der Waals surface area contributed by atoms with Crippen molar-refractivity contribution in [3.63, 3.8) is 0 Å². The molecule has 5 heteroatoms. The average molecular weight is 239 g/mol. The maximum atomic E-state index is 11.0. The van der Waals surface area contributed by atoms with Crippen LogP contribution in [0, 0.1) is 0 Å². The fourth-order valence-electron chi connectivity index (χ4n) is 2.13. The van der Waals surface area contributed by atoms with Gasteiger partial charge in [-0.3, -0.25) is 0 Å². The van der Waals surface area contributed by atoms with Crippen LogP contribution in [0.15, 0.2) is 18.2 Å². The minimum absolute atomic E-state index is 0.155. The lowest BCUT2D eigenvalue weighted by molar-refractivity contribution is 0.230. The SMILES string of the molecule is O=S1(=O)CC(Oc2ccc3c(c2)CCN3)C1. The molecule has 0 aromatic heterocycles. The first-order valence-corrected chi connectivity index (χ1v) is 7.18. The summed E-state index contributed by atoms with van der Waals surface area (Å²) >= 11 is 0. The highest BCUT2D eigenvalue weighted by Crippen LogP contribution is 2.28. The Hall–Kier alpha value is -1.23. The third-order valence-electron chi connectivity index (χ3n) is 2.97. The lowest BCUT2D eigenvalue weighted by atomic mass is 10.1. The Morgan fingerprint density at radius 2 is 2.12 bits per heavy atom. The van der Waals surface area contributed by atoms with Crippen molar-refractivity contribution in [3.05, 3.63) is 23.8 Å². The molecule has 0 radical (unpaired) electrons. The van der Waals surface area contributed by atoms with Gasteiger partial charge in [-0.25, -0.2) is 8.42 Å². The summed E-state index contributed by atoms with van der Waals surface area (Å²) in [4.78, 5) is 0. The van der Waals surface area contributed by atoms with Crippen molar-refractivity contribution in [2.45, 2.75) is 12.5 Å². The summed E-state index contributed by atoms with van der Waals surface area (Å²) in [6.45, 7) is 0.969. The lowest BCUT2D eigenvalue weighted by Gasteiger charge is -2.26. The second-order valence-corrected chi connectivity index (χ2v) is 6.47.